The minimum absolute atomic E-state index is 0.105. The molecule has 3 heteroatoms. The molecule has 18 heavy (non-hydrogen) atoms. The number of carbonyl (C=O) groups excluding carboxylic acids is 1. The zero-order valence-corrected chi connectivity index (χ0v) is 11.9. The third-order valence-corrected chi connectivity index (χ3v) is 5.00. The number of hydrogen-bond donors (Lipinski definition) is 2. The van der Waals surface area contributed by atoms with Crippen molar-refractivity contribution in [3.05, 3.63) is 0 Å². The molecule has 2 aliphatic carbocycles. The van der Waals surface area contributed by atoms with Crippen molar-refractivity contribution >= 4 is 5.91 Å². The lowest BCUT2D eigenvalue weighted by Gasteiger charge is -2.33. The second-order valence-electron chi connectivity index (χ2n) is 6.69. The van der Waals surface area contributed by atoms with Gasteiger partial charge in [-0.1, -0.05) is 26.7 Å². The predicted octanol–water partition coefficient (Wildman–Crippen LogP) is 2.59. The van der Waals surface area contributed by atoms with Crippen LogP contribution in [-0.4, -0.2) is 17.5 Å². The van der Waals surface area contributed by atoms with Gasteiger partial charge in [0.1, 0.15) is 0 Å². The Morgan fingerprint density at radius 2 is 1.72 bits per heavy atom. The molecular weight excluding hydrogens is 224 g/mol. The molecule has 1 amide bonds. The fourth-order valence-corrected chi connectivity index (χ4v) is 3.49. The van der Waals surface area contributed by atoms with Crippen LogP contribution in [0.3, 0.4) is 0 Å². The second kappa shape index (κ2) is 5.60. The van der Waals surface area contributed by atoms with E-state index in [-0.39, 0.29) is 5.91 Å². The standard InChI is InChI=1S/C15H28N2O/c1-11(2)12-5-7-13(8-6-12)17-14(18)15(16)9-3-4-10-15/h11-13H,3-10,16H2,1-2H3,(H,17,18). The third kappa shape index (κ3) is 3.05. The Labute approximate surface area is 111 Å². The highest BCUT2D eigenvalue weighted by Gasteiger charge is 2.38. The Morgan fingerprint density at radius 3 is 2.22 bits per heavy atom. The zero-order valence-electron chi connectivity index (χ0n) is 11.9. The van der Waals surface area contributed by atoms with Crippen molar-refractivity contribution in [3.63, 3.8) is 0 Å². The molecule has 0 aromatic rings. The van der Waals surface area contributed by atoms with E-state index in [1.165, 1.54) is 12.8 Å². The van der Waals surface area contributed by atoms with E-state index < -0.39 is 5.54 Å². The SMILES string of the molecule is CC(C)C1CCC(NC(=O)C2(N)CCCC2)CC1. The summed E-state index contributed by atoms with van der Waals surface area (Å²) in [7, 11) is 0. The van der Waals surface area contributed by atoms with Gasteiger partial charge < -0.3 is 11.1 Å². The van der Waals surface area contributed by atoms with Crippen molar-refractivity contribution in [2.75, 3.05) is 0 Å². The molecule has 0 aliphatic heterocycles. The number of carbonyl (C=O) groups is 1. The Balaban J connectivity index is 1.79. The van der Waals surface area contributed by atoms with E-state index in [4.69, 9.17) is 5.73 Å². The highest BCUT2D eigenvalue weighted by atomic mass is 16.2. The maximum absolute atomic E-state index is 12.2. The molecule has 0 radical (unpaired) electrons. The molecule has 3 N–H and O–H groups in total. The topological polar surface area (TPSA) is 55.1 Å². The van der Waals surface area contributed by atoms with Crippen molar-refractivity contribution < 1.29 is 4.79 Å². The minimum Gasteiger partial charge on any atom is -0.352 e. The molecule has 2 fully saturated rings. The monoisotopic (exact) mass is 252 g/mol. The summed E-state index contributed by atoms with van der Waals surface area (Å²) in [6.07, 6.45) is 8.68. The molecule has 0 spiro atoms. The van der Waals surface area contributed by atoms with E-state index in [0.717, 1.165) is 50.4 Å². The average molecular weight is 252 g/mol. The van der Waals surface area contributed by atoms with Gasteiger partial charge in [0.05, 0.1) is 5.54 Å². The first-order chi connectivity index (χ1) is 8.51. The van der Waals surface area contributed by atoms with E-state index in [2.05, 4.69) is 19.2 Å². The molecule has 0 heterocycles. The van der Waals surface area contributed by atoms with Gasteiger partial charge in [-0.25, -0.2) is 0 Å². The first kappa shape index (κ1) is 13.9. The van der Waals surface area contributed by atoms with E-state index in [9.17, 15) is 4.79 Å². The Bertz CT molecular complexity index is 287. The molecule has 0 unspecified atom stereocenters. The molecule has 0 saturated heterocycles. The van der Waals surface area contributed by atoms with Crippen LogP contribution in [0.1, 0.15) is 65.2 Å². The fraction of sp³-hybridized carbons (Fsp3) is 0.933. The van der Waals surface area contributed by atoms with Crippen LogP contribution < -0.4 is 11.1 Å². The van der Waals surface area contributed by atoms with Crippen molar-refractivity contribution in [1.82, 2.24) is 5.32 Å². The largest absolute Gasteiger partial charge is 0.352 e. The van der Waals surface area contributed by atoms with Gasteiger partial charge >= 0.3 is 0 Å². The van der Waals surface area contributed by atoms with Crippen LogP contribution in [-0.2, 0) is 4.79 Å². The van der Waals surface area contributed by atoms with E-state index in [1.807, 2.05) is 0 Å². The van der Waals surface area contributed by atoms with Gasteiger partial charge in [0.2, 0.25) is 5.91 Å². The van der Waals surface area contributed by atoms with Crippen molar-refractivity contribution in [2.24, 2.45) is 17.6 Å². The molecule has 104 valence electrons. The number of hydrogen-bond acceptors (Lipinski definition) is 2. The molecule has 2 aliphatic rings. The van der Waals surface area contributed by atoms with Crippen molar-refractivity contribution in [1.29, 1.82) is 0 Å². The summed E-state index contributed by atoms with van der Waals surface area (Å²) in [5.74, 6) is 1.72. The Morgan fingerprint density at radius 1 is 1.17 bits per heavy atom. The van der Waals surface area contributed by atoms with Crippen LogP contribution in [0.5, 0.6) is 0 Å². The van der Waals surface area contributed by atoms with Crippen LogP contribution in [0, 0.1) is 11.8 Å². The summed E-state index contributed by atoms with van der Waals surface area (Å²) in [5.41, 5.74) is 5.62. The van der Waals surface area contributed by atoms with Crippen LogP contribution >= 0.6 is 0 Å². The normalized spacial score (nSPS) is 31.6. The highest BCUT2D eigenvalue weighted by molar-refractivity contribution is 5.86. The molecule has 0 atom stereocenters. The first-order valence-corrected chi connectivity index (χ1v) is 7.61. The molecule has 3 nitrogen and oxygen atoms in total. The van der Waals surface area contributed by atoms with Crippen LogP contribution in [0.2, 0.25) is 0 Å². The fourth-order valence-electron chi connectivity index (χ4n) is 3.49. The lowest BCUT2D eigenvalue weighted by Crippen LogP contribution is -2.55. The summed E-state index contributed by atoms with van der Waals surface area (Å²) in [4.78, 5) is 12.2. The molecule has 2 rings (SSSR count). The highest BCUT2D eigenvalue weighted by Crippen LogP contribution is 2.31. The van der Waals surface area contributed by atoms with E-state index in [1.54, 1.807) is 0 Å². The van der Waals surface area contributed by atoms with Gasteiger partial charge in [0.15, 0.2) is 0 Å². The van der Waals surface area contributed by atoms with Gasteiger partial charge in [-0.15, -0.1) is 0 Å². The van der Waals surface area contributed by atoms with Gasteiger partial charge in [-0.2, -0.15) is 0 Å². The lowest BCUT2D eigenvalue weighted by molar-refractivity contribution is -0.127. The van der Waals surface area contributed by atoms with E-state index in [0.29, 0.717) is 6.04 Å². The summed E-state index contributed by atoms with van der Waals surface area (Å²) >= 11 is 0. The van der Waals surface area contributed by atoms with Gasteiger partial charge in [-0.3, -0.25) is 4.79 Å². The Hall–Kier alpha value is -0.570. The van der Waals surface area contributed by atoms with Gasteiger partial charge in [-0.05, 0) is 50.4 Å². The number of amides is 1. The van der Waals surface area contributed by atoms with Crippen LogP contribution in [0.15, 0.2) is 0 Å². The maximum atomic E-state index is 12.2. The minimum atomic E-state index is -0.561. The average Bonchev–Trinajstić information content (AvgIpc) is 2.78. The Kier molecular flexibility index (Phi) is 4.31. The third-order valence-electron chi connectivity index (χ3n) is 5.00. The maximum Gasteiger partial charge on any atom is 0.240 e. The van der Waals surface area contributed by atoms with E-state index >= 15 is 0 Å². The van der Waals surface area contributed by atoms with Gasteiger partial charge in [0.25, 0.3) is 0 Å². The molecule has 2 saturated carbocycles. The zero-order chi connectivity index (χ0) is 13.2. The number of rotatable bonds is 3. The molecule has 0 aromatic carbocycles. The second-order valence-corrected chi connectivity index (χ2v) is 6.69. The molecule has 0 aromatic heterocycles. The van der Waals surface area contributed by atoms with Crippen LogP contribution in [0.25, 0.3) is 0 Å². The lowest BCUT2D eigenvalue weighted by atomic mass is 9.79. The summed E-state index contributed by atoms with van der Waals surface area (Å²) in [6.45, 7) is 4.61. The molecular formula is C15H28N2O. The smallest absolute Gasteiger partial charge is 0.240 e. The number of nitrogens with one attached hydrogen (secondary N) is 1. The summed E-state index contributed by atoms with van der Waals surface area (Å²) in [5, 5.41) is 3.20. The number of nitrogens with two attached hydrogens (primary N) is 1. The first-order valence-electron chi connectivity index (χ1n) is 7.61. The molecule has 0 bridgehead atoms. The quantitative estimate of drug-likeness (QED) is 0.811. The predicted molar refractivity (Wildman–Crippen MR) is 74.1 cm³/mol. The van der Waals surface area contributed by atoms with Crippen molar-refractivity contribution in [2.45, 2.75) is 76.8 Å². The van der Waals surface area contributed by atoms with Crippen molar-refractivity contribution in [3.8, 4) is 0 Å². The van der Waals surface area contributed by atoms with Crippen LogP contribution in [0.4, 0.5) is 0 Å². The summed E-state index contributed by atoms with van der Waals surface area (Å²) in [6, 6.07) is 0.369. The summed E-state index contributed by atoms with van der Waals surface area (Å²) < 4.78 is 0. The van der Waals surface area contributed by atoms with Gasteiger partial charge in [0, 0.05) is 6.04 Å².